The minimum absolute atomic E-state index is 0.164. The molecule has 0 aliphatic rings. The number of rotatable bonds is 20. The van der Waals surface area contributed by atoms with Crippen LogP contribution in [0.1, 0.15) is 95.6 Å². The third-order valence-electron chi connectivity index (χ3n) is 7.01. The second-order valence-corrected chi connectivity index (χ2v) is 10.2. The predicted molar refractivity (Wildman–Crippen MR) is 159 cm³/mol. The van der Waals surface area contributed by atoms with E-state index in [1.807, 2.05) is 49.4 Å². The zero-order valence-corrected chi connectivity index (χ0v) is 24.4. The Balaban J connectivity index is 2.21. The fourth-order valence-corrected chi connectivity index (χ4v) is 4.81. The van der Waals surface area contributed by atoms with E-state index in [9.17, 15) is 9.59 Å². The standard InChI is InChI=1S/C34H49NO4/c1-4-6-7-8-9-10-11-12-19-24-31(34(37)39-5-2)25-32(26-33(36)38-3)35(27-29-20-15-13-16-21-29)28-30-22-17-14-18-23-30/h13-18,20-23,25,32H,4-12,19,24,26-28H2,1-3H3/b31-25+/t32-/m0/s1. The lowest BCUT2D eigenvalue weighted by Crippen LogP contribution is -2.36. The summed E-state index contributed by atoms with van der Waals surface area (Å²) in [5.41, 5.74) is 2.95. The van der Waals surface area contributed by atoms with Crippen molar-refractivity contribution in [2.75, 3.05) is 13.7 Å². The number of carbonyl (C=O) groups excluding carboxylic acids is 2. The smallest absolute Gasteiger partial charge is 0.333 e. The van der Waals surface area contributed by atoms with Crippen LogP contribution < -0.4 is 0 Å². The van der Waals surface area contributed by atoms with Crippen molar-refractivity contribution in [1.82, 2.24) is 4.90 Å². The van der Waals surface area contributed by atoms with Gasteiger partial charge in [0, 0.05) is 24.7 Å². The third kappa shape index (κ3) is 13.6. The molecule has 2 aromatic carbocycles. The summed E-state index contributed by atoms with van der Waals surface area (Å²) >= 11 is 0. The highest BCUT2D eigenvalue weighted by Crippen LogP contribution is 2.21. The van der Waals surface area contributed by atoms with E-state index >= 15 is 0 Å². The van der Waals surface area contributed by atoms with Crippen molar-refractivity contribution in [2.45, 2.75) is 104 Å². The van der Waals surface area contributed by atoms with Crippen LogP contribution in [0, 0.1) is 0 Å². The van der Waals surface area contributed by atoms with Gasteiger partial charge in [-0.05, 0) is 30.9 Å². The fraction of sp³-hybridized carbons (Fsp3) is 0.529. The Hall–Kier alpha value is -2.92. The highest BCUT2D eigenvalue weighted by atomic mass is 16.5. The first kappa shape index (κ1) is 32.3. The van der Waals surface area contributed by atoms with Crippen LogP contribution in [0.25, 0.3) is 0 Å². The monoisotopic (exact) mass is 535 g/mol. The molecule has 0 N–H and O–H groups in total. The quantitative estimate of drug-likeness (QED) is 0.0976. The molecule has 39 heavy (non-hydrogen) atoms. The number of nitrogens with zero attached hydrogens (tertiary/aromatic N) is 1. The van der Waals surface area contributed by atoms with Crippen LogP contribution >= 0.6 is 0 Å². The van der Waals surface area contributed by atoms with Gasteiger partial charge < -0.3 is 9.47 Å². The molecule has 5 nitrogen and oxygen atoms in total. The molecule has 2 aromatic rings. The van der Waals surface area contributed by atoms with E-state index in [4.69, 9.17) is 9.47 Å². The summed E-state index contributed by atoms with van der Waals surface area (Å²) in [6.45, 7) is 5.68. The highest BCUT2D eigenvalue weighted by molar-refractivity contribution is 5.88. The van der Waals surface area contributed by atoms with E-state index in [2.05, 4.69) is 36.1 Å². The number of carbonyl (C=O) groups is 2. The van der Waals surface area contributed by atoms with Gasteiger partial charge in [-0.3, -0.25) is 9.69 Å². The summed E-state index contributed by atoms with van der Waals surface area (Å²) in [4.78, 5) is 27.8. The maximum Gasteiger partial charge on any atom is 0.333 e. The first-order valence-corrected chi connectivity index (χ1v) is 14.8. The minimum atomic E-state index is -0.309. The fourth-order valence-electron chi connectivity index (χ4n) is 4.81. The largest absolute Gasteiger partial charge is 0.469 e. The van der Waals surface area contributed by atoms with Gasteiger partial charge in [-0.2, -0.15) is 0 Å². The molecule has 5 heteroatoms. The molecule has 0 amide bonds. The van der Waals surface area contributed by atoms with Gasteiger partial charge in [0.25, 0.3) is 0 Å². The first-order valence-electron chi connectivity index (χ1n) is 14.8. The molecule has 0 saturated carbocycles. The average Bonchev–Trinajstić information content (AvgIpc) is 2.96. The number of methoxy groups -OCH3 is 1. The van der Waals surface area contributed by atoms with Gasteiger partial charge >= 0.3 is 11.9 Å². The summed E-state index contributed by atoms with van der Waals surface area (Å²) in [7, 11) is 1.41. The molecule has 0 aliphatic heterocycles. The number of benzene rings is 2. The Bertz CT molecular complexity index is 916. The summed E-state index contributed by atoms with van der Waals surface area (Å²) in [6.07, 6.45) is 13.8. The minimum Gasteiger partial charge on any atom is -0.469 e. The number of unbranched alkanes of at least 4 members (excludes halogenated alkanes) is 8. The maximum absolute atomic E-state index is 13.0. The highest BCUT2D eigenvalue weighted by Gasteiger charge is 2.24. The molecule has 0 aromatic heterocycles. The Labute approximate surface area is 236 Å². The topological polar surface area (TPSA) is 55.8 Å². The second-order valence-electron chi connectivity index (χ2n) is 10.2. The summed E-state index contributed by atoms with van der Waals surface area (Å²) < 4.78 is 10.5. The molecule has 0 heterocycles. The molecule has 0 saturated heterocycles. The summed E-state index contributed by atoms with van der Waals surface area (Å²) in [5.74, 6) is -0.583. The number of hydrogen-bond donors (Lipinski definition) is 0. The SMILES string of the molecule is CCCCCCCCCCC/C(=C\[C@@H](CC(=O)OC)N(Cc1ccccc1)Cc1ccccc1)C(=O)OCC. The van der Waals surface area contributed by atoms with E-state index in [0.29, 0.717) is 31.7 Å². The Morgan fingerprint density at radius 3 is 1.77 bits per heavy atom. The molecule has 214 valence electrons. The first-order chi connectivity index (χ1) is 19.1. The van der Waals surface area contributed by atoms with Gasteiger partial charge in [-0.15, -0.1) is 0 Å². The van der Waals surface area contributed by atoms with Gasteiger partial charge in [0.15, 0.2) is 0 Å². The third-order valence-corrected chi connectivity index (χ3v) is 7.01. The second kappa shape index (κ2) is 20.0. The average molecular weight is 536 g/mol. The molecule has 0 spiro atoms. The Morgan fingerprint density at radius 2 is 1.28 bits per heavy atom. The lowest BCUT2D eigenvalue weighted by Gasteiger charge is -2.30. The molecule has 0 fully saturated rings. The molecule has 1 atom stereocenters. The normalized spacial score (nSPS) is 12.4. The summed E-state index contributed by atoms with van der Waals surface area (Å²) in [6, 6.07) is 20.1. The van der Waals surface area contributed by atoms with Gasteiger partial charge in [0.1, 0.15) is 0 Å². The molecule has 0 bridgehead atoms. The van der Waals surface area contributed by atoms with Crippen LogP contribution in [0.5, 0.6) is 0 Å². The van der Waals surface area contributed by atoms with E-state index in [-0.39, 0.29) is 24.4 Å². The Kier molecular flexibility index (Phi) is 16.6. The van der Waals surface area contributed by atoms with Crippen molar-refractivity contribution < 1.29 is 19.1 Å². The summed E-state index contributed by atoms with van der Waals surface area (Å²) in [5, 5.41) is 0. The van der Waals surface area contributed by atoms with Gasteiger partial charge in [0.05, 0.1) is 20.1 Å². The lowest BCUT2D eigenvalue weighted by molar-refractivity contribution is -0.142. The molecule has 0 unspecified atom stereocenters. The molecular weight excluding hydrogens is 486 g/mol. The number of ether oxygens (including phenoxy) is 2. The van der Waals surface area contributed by atoms with Crippen molar-refractivity contribution in [1.29, 1.82) is 0 Å². The number of hydrogen-bond acceptors (Lipinski definition) is 5. The van der Waals surface area contributed by atoms with Crippen LogP contribution in [-0.2, 0) is 32.2 Å². The molecule has 2 rings (SSSR count). The van der Waals surface area contributed by atoms with Gasteiger partial charge in [-0.25, -0.2) is 4.79 Å². The maximum atomic E-state index is 13.0. The lowest BCUT2D eigenvalue weighted by atomic mass is 10.00. The van der Waals surface area contributed by atoms with E-state index < -0.39 is 0 Å². The Morgan fingerprint density at radius 1 is 0.769 bits per heavy atom. The zero-order chi connectivity index (χ0) is 28.1. The number of esters is 2. The van der Waals surface area contributed by atoms with Crippen molar-refractivity contribution >= 4 is 11.9 Å². The van der Waals surface area contributed by atoms with E-state index in [1.165, 1.54) is 52.1 Å². The molecular formula is C34H49NO4. The van der Waals surface area contributed by atoms with Crippen molar-refractivity contribution in [2.24, 2.45) is 0 Å². The van der Waals surface area contributed by atoms with Crippen LogP contribution in [-0.4, -0.2) is 36.6 Å². The molecule has 0 radical (unpaired) electrons. The predicted octanol–water partition coefficient (Wildman–Crippen LogP) is 8.03. The van der Waals surface area contributed by atoms with Gasteiger partial charge in [-0.1, -0.05) is 125 Å². The van der Waals surface area contributed by atoms with Gasteiger partial charge in [0.2, 0.25) is 0 Å². The van der Waals surface area contributed by atoms with E-state index in [0.717, 1.165) is 24.0 Å². The van der Waals surface area contributed by atoms with Crippen LogP contribution in [0.15, 0.2) is 72.3 Å². The van der Waals surface area contributed by atoms with Crippen LogP contribution in [0.2, 0.25) is 0 Å². The molecule has 0 aliphatic carbocycles. The van der Waals surface area contributed by atoms with E-state index in [1.54, 1.807) is 0 Å². The van der Waals surface area contributed by atoms with Crippen molar-refractivity contribution in [3.8, 4) is 0 Å². The zero-order valence-electron chi connectivity index (χ0n) is 24.4. The van der Waals surface area contributed by atoms with Crippen molar-refractivity contribution in [3.05, 3.63) is 83.4 Å². The van der Waals surface area contributed by atoms with Crippen LogP contribution in [0.3, 0.4) is 0 Å². The van der Waals surface area contributed by atoms with Crippen LogP contribution in [0.4, 0.5) is 0 Å². The van der Waals surface area contributed by atoms with Crippen molar-refractivity contribution in [3.63, 3.8) is 0 Å².